The van der Waals surface area contributed by atoms with E-state index in [4.69, 9.17) is 0 Å². The van der Waals surface area contributed by atoms with Crippen LogP contribution in [0.5, 0.6) is 0 Å². The zero-order chi connectivity index (χ0) is 18.8. The summed E-state index contributed by atoms with van der Waals surface area (Å²) in [4.78, 5) is 38.0. The summed E-state index contributed by atoms with van der Waals surface area (Å²) in [7, 11) is 0. The van der Waals surface area contributed by atoms with E-state index >= 15 is 0 Å². The highest BCUT2D eigenvalue weighted by Gasteiger charge is 2.44. The second-order valence-electron chi connectivity index (χ2n) is 5.85. The molecule has 8 nitrogen and oxygen atoms in total. The SMILES string of the molecule is CC(=O)Nc1ccc(NC(=O)C2=C(C)C(C)([N+](=O)[O-])CC=C2F)cn1. The molecule has 1 aromatic rings. The Morgan fingerprint density at radius 2 is 2.04 bits per heavy atom. The molecule has 0 aromatic carbocycles. The highest BCUT2D eigenvalue weighted by atomic mass is 19.1. The largest absolute Gasteiger partial charge is 0.320 e. The molecule has 1 aromatic heterocycles. The molecule has 9 heteroatoms. The van der Waals surface area contributed by atoms with Gasteiger partial charge in [0.1, 0.15) is 11.6 Å². The lowest BCUT2D eigenvalue weighted by Crippen LogP contribution is -2.39. The Labute approximate surface area is 143 Å². The number of rotatable bonds is 4. The minimum atomic E-state index is -1.53. The van der Waals surface area contributed by atoms with E-state index in [0.717, 1.165) is 6.08 Å². The van der Waals surface area contributed by atoms with E-state index in [1.165, 1.54) is 39.1 Å². The minimum Gasteiger partial charge on any atom is -0.320 e. The average molecular weight is 348 g/mol. The van der Waals surface area contributed by atoms with Crippen LogP contribution in [-0.2, 0) is 9.59 Å². The summed E-state index contributed by atoms with van der Waals surface area (Å²) in [5.74, 6) is -1.59. The molecule has 25 heavy (non-hydrogen) atoms. The van der Waals surface area contributed by atoms with Crippen LogP contribution in [0.25, 0.3) is 0 Å². The molecule has 1 heterocycles. The van der Waals surface area contributed by atoms with Gasteiger partial charge in [-0.1, -0.05) is 0 Å². The van der Waals surface area contributed by atoms with E-state index in [9.17, 15) is 24.1 Å². The van der Waals surface area contributed by atoms with Crippen molar-refractivity contribution in [3.05, 3.63) is 51.5 Å². The monoisotopic (exact) mass is 348 g/mol. The van der Waals surface area contributed by atoms with Crippen LogP contribution < -0.4 is 10.6 Å². The number of hydrogen-bond donors (Lipinski definition) is 2. The average Bonchev–Trinajstić information content (AvgIpc) is 2.52. The van der Waals surface area contributed by atoms with Crippen LogP contribution in [0.3, 0.4) is 0 Å². The third kappa shape index (κ3) is 3.70. The number of carbonyl (C=O) groups excluding carboxylic acids is 2. The number of pyridine rings is 1. The lowest BCUT2D eigenvalue weighted by atomic mass is 9.82. The van der Waals surface area contributed by atoms with Gasteiger partial charge < -0.3 is 10.6 Å². The highest BCUT2D eigenvalue weighted by Crippen LogP contribution is 2.36. The summed E-state index contributed by atoms with van der Waals surface area (Å²) in [5, 5.41) is 16.2. The standard InChI is InChI=1S/C16H17FN4O4/c1-9-14(12(17)6-7-16(9,3)21(24)25)15(23)20-11-4-5-13(18-8-11)19-10(2)22/h4-6,8H,7H2,1-3H3,(H,20,23)(H,18,19,22). The number of nitrogens with zero attached hydrogens (tertiary/aromatic N) is 2. The maximum absolute atomic E-state index is 14.1. The molecule has 1 unspecified atom stereocenters. The van der Waals surface area contributed by atoms with Crippen molar-refractivity contribution in [2.75, 3.05) is 10.6 Å². The number of carbonyl (C=O) groups is 2. The fraction of sp³-hybridized carbons (Fsp3) is 0.312. The Kier molecular flexibility index (Phi) is 4.96. The first-order valence-electron chi connectivity index (χ1n) is 7.42. The van der Waals surface area contributed by atoms with E-state index in [0.29, 0.717) is 5.82 Å². The Morgan fingerprint density at radius 1 is 1.36 bits per heavy atom. The zero-order valence-electron chi connectivity index (χ0n) is 13.9. The van der Waals surface area contributed by atoms with E-state index in [-0.39, 0.29) is 29.2 Å². The second-order valence-corrected chi connectivity index (χ2v) is 5.85. The zero-order valence-corrected chi connectivity index (χ0v) is 13.9. The quantitative estimate of drug-likeness (QED) is 0.641. The summed E-state index contributed by atoms with van der Waals surface area (Å²) >= 11 is 0. The van der Waals surface area contributed by atoms with Crippen molar-refractivity contribution in [2.24, 2.45) is 0 Å². The van der Waals surface area contributed by atoms with Crippen LogP contribution in [0.15, 0.2) is 41.4 Å². The number of nitro groups is 1. The first-order chi connectivity index (χ1) is 11.6. The number of nitrogens with one attached hydrogen (secondary N) is 2. The van der Waals surface area contributed by atoms with Crippen molar-refractivity contribution in [1.82, 2.24) is 4.98 Å². The van der Waals surface area contributed by atoms with Crippen molar-refractivity contribution < 1.29 is 18.9 Å². The van der Waals surface area contributed by atoms with Gasteiger partial charge in [0.15, 0.2) is 0 Å². The third-order valence-electron chi connectivity index (χ3n) is 4.06. The van der Waals surface area contributed by atoms with Gasteiger partial charge in [-0.15, -0.1) is 0 Å². The maximum atomic E-state index is 14.1. The van der Waals surface area contributed by atoms with E-state index < -0.39 is 22.2 Å². The number of aromatic nitrogens is 1. The molecule has 1 aliphatic carbocycles. The number of halogens is 1. The van der Waals surface area contributed by atoms with Crippen molar-refractivity contribution in [3.63, 3.8) is 0 Å². The molecular formula is C16H17FN4O4. The van der Waals surface area contributed by atoms with Crippen LogP contribution in [0.2, 0.25) is 0 Å². The molecule has 0 aliphatic heterocycles. The predicted molar refractivity (Wildman–Crippen MR) is 89.1 cm³/mol. The normalized spacial score (nSPS) is 19.9. The van der Waals surface area contributed by atoms with E-state index in [2.05, 4.69) is 15.6 Å². The summed E-state index contributed by atoms with van der Waals surface area (Å²) in [6.07, 6.45) is 2.21. The Bertz CT molecular complexity index is 801. The van der Waals surface area contributed by atoms with Crippen LogP contribution in [0.4, 0.5) is 15.9 Å². The molecule has 2 amide bonds. The topological polar surface area (TPSA) is 114 Å². The number of anilines is 2. The molecule has 2 N–H and O–H groups in total. The first-order valence-corrected chi connectivity index (χ1v) is 7.42. The van der Waals surface area contributed by atoms with Crippen molar-refractivity contribution in [1.29, 1.82) is 0 Å². The summed E-state index contributed by atoms with van der Waals surface area (Å²) in [6, 6.07) is 2.94. The van der Waals surface area contributed by atoms with Gasteiger partial charge in [0, 0.05) is 30.8 Å². The molecular weight excluding hydrogens is 331 g/mol. The third-order valence-corrected chi connectivity index (χ3v) is 4.06. The molecule has 132 valence electrons. The van der Waals surface area contributed by atoms with Crippen LogP contribution >= 0.6 is 0 Å². The lowest BCUT2D eigenvalue weighted by molar-refractivity contribution is -0.553. The summed E-state index contributed by atoms with van der Waals surface area (Å²) in [5.41, 5.74) is -1.56. The Balaban J connectivity index is 2.25. The van der Waals surface area contributed by atoms with Crippen molar-refractivity contribution in [2.45, 2.75) is 32.7 Å². The summed E-state index contributed by atoms with van der Waals surface area (Å²) < 4.78 is 14.1. The number of amides is 2. The highest BCUT2D eigenvalue weighted by molar-refractivity contribution is 6.07. The van der Waals surface area contributed by atoms with Gasteiger partial charge >= 0.3 is 0 Å². The molecule has 0 saturated heterocycles. The van der Waals surface area contributed by atoms with Gasteiger partial charge in [0.25, 0.3) is 5.91 Å². The Hall–Kier alpha value is -3.10. The summed E-state index contributed by atoms with van der Waals surface area (Å²) in [6.45, 7) is 4.06. The fourth-order valence-corrected chi connectivity index (χ4v) is 2.40. The molecule has 0 saturated carbocycles. The van der Waals surface area contributed by atoms with Crippen molar-refractivity contribution >= 4 is 23.3 Å². The van der Waals surface area contributed by atoms with Crippen LogP contribution in [-0.4, -0.2) is 27.3 Å². The smallest absolute Gasteiger partial charge is 0.258 e. The predicted octanol–water partition coefficient (Wildman–Crippen LogP) is 2.59. The van der Waals surface area contributed by atoms with Gasteiger partial charge in [-0.25, -0.2) is 9.37 Å². The lowest BCUT2D eigenvalue weighted by Gasteiger charge is -2.26. The van der Waals surface area contributed by atoms with Gasteiger partial charge in [-0.05, 0) is 25.1 Å². The fourth-order valence-electron chi connectivity index (χ4n) is 2.40. The molecule has 2 rings (SSSR count). The molecule has 0 bridgehead atoms. The van der Waals surface area contributed by atoms with Gasteiger partial charge in [0.2, 0.25) is 11.4 Å². The van der Waals surface area contributed by atoms with Gasteiger partial charge in [-0.3, -0.25) is 19.7 Å². The molecule has 1 atom stereocenters. The van der Waals surface area contributed by atoms with Crippen molar-refractivity contribution in [3.8, 4) is 0 Å². The van der Waals surface area contributed by atoms with E-state index in [1.54, 1.807) is 0 Å². The minimum absolute atomic E-state index is 0.0535. The van der Waals surface area contributed by atoms with Gasteiger partial charge in [-0.2, -0.15) is 0 Å². The molecule has 0 spiro atoms. The molecule has 1 aliphatic rings. The van der Waals surface area contributed by atoms with E-state index in [1.807, 2.05) is 0 Å². The Morgan fingerprint density at radius 3 is 2.56 bits per heavy atom. The maximum Gasteiger partial charge on any atom is 0.258 e. The number of hydrogen-bond acceptors (Lipinski definition) is 5. The second kappa shape index (κ2) is 6.80. The van der Waals surface area contributed by atoms with Gasteiger partial charge in [0.05, 0.1) is 17.5 Å². The molecule has 0 radical (unpaired) electrons. The van der Waals surface area contributed by atoms with Crippen LogP contribution in [0, 0.1) is 10.1 Å². The molecule has 0 fully saturated rings. The first kappa shape index (κ1) is 18.2. The van der Waals surface area contributed by atoms with Crippen LogP contribution in [0.1, 0.15) is 27.2 Å².